The van der Waals surface area contributed by atoms with E-state index in [4.69, 9.17) is 11.6 Å². The second kappa shape index (κ2) is 7.89. The number of aromatic nitrogens is 4. The molecule has 1 aromatic carbocycles. The molecule has 1 fully saturated rings. The van der Waals surface area contributed by atoms with Crippen molar-refractivity contribution in [3.05, 3.63) is 65.6 Å². The molecule has 1 aliphatic rings. The maximum Gasteiger partial charge on any atom is 0.139 e. The number of rotatable bonds is 5. The summed E-state index contributed by atoms with van der Waals surface area (Å²) in [6.45, 7) is 3.00. The van der Waals surface area contributed by atoms with Crippen molar-refractivity contribution in [2.75, 3.05) is 18.4 Å². The lowest BCUT2D eigenvalue weighted by atomic mass is 10.0. The summed E-state index contributed by atoms with van der Waals surface area (Å²) in [6, 6.07) is 12.6. The summed E-state index contributed by atoms with van der Waals surface area (Å²) in [6.07, 6.45) is 7.78. The Morgan fingerprint density at radius 3 is 2.79 bits per heavy atom. The van der Waals surface area contributed by atoms with Crippen molar-refractivity contribution in [2.24, 2.45) is 0 Å². The van der Waals surface area contributed by atoms with Crippen LogP contribution in [0.1, 0.15) is 18.4 Å². The number of likely N-dealkylation sites (tertiary alicyclic amines) is 1. The van der Waals surface area contributed by atoms with Crippen LogP contribution in [0.15, 0.2) is 55.0 Å². The number of H-pyrrole nitrogens is 2. The number of fused-ring (bicyclic) bond motifs is 1. The molecular formula is C22H23ClN6. The Bertz CT molecular complexity index is 1100. The standard InChI is InChI=1S/C22H23ClN6/c23-19-4-2-1-3-15(19)14-29-11-7-16(8-12-29)27-21-17-5-9-24-22(17)25-13-18(21)20-6-10-26-28-20/h1-6,9-10,13,16H,7-8,11-12,14H2,(H,26,28)(H2,24,25,27). The molecule has 5 rings (SSSR count). The minimum atomic E-state index is 0.416. The van der Waals surface area contributed by atoms with Crippen molar-refractivity contribution in [3.63, 3.8) is 0 Å². The summed E-state index contributed by atoms with van der Waals surface area (Å²) in [7, 11) is 0. The van der Waals surface area contributed by atoms with E-state index < -0.39 is 0 Å². The Kier molecular flexibility index (Phi) is 4.96. The predicted molar refractivity (Wildman–Crippen MR) is 117 cm³/mol. The SMILES string of the molecule is Clc1ccccc1CN1CCC(Nc2c(-c3ccn[nH]3)cnc3[nH]ccc23)CC1. The lowest BCUT2D eigenvalue weighted by Crippen LogP contribution is -2.38. The van der Waals surface area contributed by atoms with Crippen LogP contribution in [0.4, 0.5) is 5.69 Å². The second-order valence-corrected chi connectivity index (χ2v) is 7.95. The molecule has 0 saturated carbocycles. The molecule has 6 nitrogen and oxygen atoms in total. The summed E-state index contributed by atoms with van der Waals surface area (Å²) < 4.78 is 0. The smallest absolute Gasteiger partial charge is 0.139 e. The Morgan fingerprint density at radius 2 is 2.00 bits per heavy atom. The van der Waals surface area contributed by atoms with E-state index in [0.29, 0.717) is 6.04 Å². The van der Waals surface area contributed by atoms with Gasteiger partial charge in [0.1, 0.15) is 5.65 Å². The quantitative estimate of drug-likeness (QED) is 0.450. The van der Waals surface area contributed by atoms with Gasteiger partial charge >= 0.3 is 0 Å². The molecule has 0 spiro atoms. The van der Waals surface area contributed by atoms with Gasteiger partial charge in [0.15, 0.2) is 0 Å². The zero-order chi connectivity index (χ0) is 19.6. The average Bonchev–Trinajstić information content (AvgIpc) is 3.43. The molecule has 1 aliphatic heterocycles. The van der Waals surface area contributed by atoms with Crippen molar-refractivity contribution < 1.29 is 0 Å². The van der Waals surface area contributed by atoms with Crippen LogP contribution < -0.4 is 5.32 Å². The molecule has 4 heterocycles. The van der Waals surface area contributed by atoms with E-state index >= 15 is 0 Å². The molecular weight excluding hydrogens is 384 g/mol. The van der Waals surface area contributed by atoms with Crippen LogP contribution >= 0.6 is 11.6 Å². The lowest BCUT2D eigenvalue weighted by Gasteiger charge is -2.33. The first-order valence-electron chi connectivity index (χ1n) is 9.96. The highest BCUT2D eigenvalue weighted by Gasteiger charge is 2.22. The fraction of sp³-hybridized carbons (Fsp3) is 0.273. The van der Waals surface area contributed by atoms with Gasteiger partial charge in [0.2, 0.25) is 0 Å². The molecule has 4 aromatic rings. The maximum absolute atomic E-state index is 6.33. The van der Waals surface area contributed by atoms with Crippen molar-refractivity contribution in [1.29, 1.82) is 0 Å². The monoisotopic (exact) mass is 406 g/mol. The number of anilines is 1. The topological polar surface area (TPSA) is 72.6 Å². The third kappa shape index (κ3) is 3.73. The highest BCUT2D eigenvalue weighted by atomic mass is 35.5. The maximum atomic E-state index is 6.33. The molecule has 0 radical (unpaired) electrons. The highest BCUT2D eigenvalue weighted by molar-refractivity contribution is 6.31. The molecule has 29 heavy (non-hydrogen) atoms. The number of benzene rings is 1. The van der Waals surface area contributed by atoms with Crippen molar-refractivity contribution in [1.82, 2.24) is 25.1 Å². The summed E-state index contributed by atoms with van der Waals surface area (Å²) in [5.41, 5.74) is 5.23. The third-order valence-electron chi connectivity index (χ3n) is 5.67. The highest BCUT2D eigenvalue weighted by Crippen LogP contribution is 2.34. The number of nitrogens with zero attached hydrogens (tertiary/aromatic N) is 3. The zero-order valence-corrected chi connectivity index (χ0v) is 16.8. The van der Waals surface area contributed by atoms with Gasteiger partial charge in [-0.2, -0.15) is 5.10 Å². The first-order valence-corrected chi connectivity index (χ1v) is 10.3. The van der Waals surface area contributed by atoms with Gasteiger partial charge in [-0.25, -0.2) is 4.98 Å². The van der Waals surface area contributed by atoms with Gasteiger partial charge in [-0.05, 0) is 36.6 Å². The van der Waals surface area contributed by atoms with Gasteiger partial charge in [0.05, 0.1) is 11.4 Å². The Morgan fingerprint density at radius 1 is 1.14 bits per heavy atom. The fourth-order valence-corrected chi connectivity index (χ4v) is 4.28. The van der Waals surface area contributed by atoms with Gasteiger partial charge in [0, 0.05) is 60.2 Å². The van der Waals surface area contributed by atoms with Crippen LogP contribution in [0.5, 0.6) is 0 Å². The largest absolute Gasteiger partial charge is 0.381 e. The Balaban J connectivity index is 1.32. The lowest BCUT2D eigenvalue weighted by molar-refractivity contribution is 0.211. The van der Waals surface area contributed by atoms with Crippen LogP contribution in [-0.2, 0) is 6.54 Å². The summed E-state index contributed by atoms with van der Waals surface area (Å²) in [5, 5.41) is 12.9. The molecule has 0 unspecified atom stereocenters. The van der Waals surface area contributed by atoms with E-state index in [1.165, 1.54) is 5.56 Å². The molecule has 0 bridgehead atoms. The molecule has 7 heteroatoms. The number of hydrogen-bond donors (Lipinski definition) is 3. The van der Waals surface area contributed by atoms with Crippen LogP contribution in [-0.4, -0.2) is 44.2 Å². The van der Waals surface area contributed by atoms with E-state index in [-0.39, 0.29) is 0 Å². The summed E-state index contributed by atoms with van der Waals surface area (Å²) in [4.78, 5) is 10.2. The van der Waals surface area contributed by atoms with Crippen LogP contribution in [0.3, 0.4) is 0 Å². The Labute approximate surface area is 174 Å². The first-order chi connectivity index (χ1) is 14.3. The molecule has 148 valence electrons. The molecule has 0 aliphatic carbocycles. The predicted octanol–water partition coefficient (Wildman–Crippen LogP) is 4.68. The normalized spacial score (nSPS) is 15.8. The molecule has 1 saturated heterocycles. The van der Waals surface area contributed by atoms with Crippen molar-refractivity contribution >= 4 is 28.3 Å². The molecule has 3 aromatic heterocycles. The minimum absolute atomic E-state index is 0.416. The number of pyridine rings is 1. The van der Waals surface area contributed by atoms with E-state index in [2.05, 4.69) is 48.6 Å². The molecule has 0 amide bonds. The van der Waals surface area contributed by atoms with Gasteiger partial charge < -0.3 is 10.3 Å². The zero-order valence-electron chi connectivity index (χ0n) is 16.0. The number of hydrogen-bond acceptors (Lipinski definition) is 4. The fourth-order valence-electron chi connectivity index (χ4n) is 4.08. The molecule has 0 atom stereocenters. The van der Waals surface area contributed by atoms with Crippen LogP contribution in [0, 0.1) is 0 Å². The van der Waals surface area contributed by atoms with Crippen molar-refractivity contribution in [3.8, 4) is 11.3 Å². The van der Waals surface area contributed by atoms with Gasteiger partial charge in [-0.3, -0.25) is 10.00 Å². The van der Waals surface area contributed by atoms with Crippen molar-refractivity contribution in [2.45, 2.75) is 25.4 Å². The van der Waals surface area contributed by atoms with E-state index in [9.17, 15) is 0 Å². The van der Waals surface area contributed by atoms with Gasteiger partial charge in [-0.15, -0.1) is 0 Å². The third-order valence-corrected chi connectivity index (χ3v) is 6.03. The number of nitrogens with one attached hydrogen (secondary N) is 3. The second-order valence-electron chi connectivity index (χ2n) is 7.54. The summed E-state index contributed by atoms with van der Waals surface area (Å²) in [5.74, 6) is 0. The van der Waals surface area contributed by atoms with E-state index in [1.54, 1.807) is 6.20 Å². The Hall–Kier alpha value is -2.83. The number of halogens is 1. The minimum Gasteiger partial charge on any atom is -0.381 e. The number of aromatic amines is 2. The van der Waals surface area contributed by atoms with Crippen LogP contribution in [0.2, 0.25) is 5.02 Å². The molecule has 3 N–H and O–H groups in total. The van der Waals surface area contributed by atoms with Gasteiger partial charge in [0.25, 0.3) is 0 Å². The summed E-state index contributed by atoms with van der Waals surface area (Å²) >= 11 is 6.33. The van der Waals surface area contributed by atoms with E-state index in [1.807, 2.05) is 30.6 Å². The van der Waals surface area contributed by atoms with Crippen LogP contribution in [0.25, 0.3) is 22.3 Å². The number of piperidine rings is 1. The average molecular weight is 407 g/mol. The van der Waals surface area contributed by atoms with Gasteiger partial charge in [-0.1, -0.05) is 29.8 Å². The van der Waals surface area contributed by atoms with E-state index in [0.717, 1.165) is 65.5 Å². The first kappa shape index (κ1) is 18.2.